The van der Waals surface area contributed by atoms with Gasteiger partial charge in [-0.25, -0.2) is 4.79 Å². The Labute approximate surface area is 108 Å². The summed E-state index contributed by atoms with van der Waals surface area (Å²) in [5.74, 6) is -0.390. The average Bonchev–Trinajstić information content (AvgIpc) is 2.15. The van der Waals surface area contributed by atoms with Gasteiger partial charge in [0.2, 0.25) is 0 Å². The van der Waals surface area contributed by atoms with Crippen molar-refractivity contribution in [1.29, 1.82) is 0 Å². The van der Waals surface area contributed by atoms with Crippen molar-refractivity contribution in [3.05, 3.63) is 39.9 Å². The van der Waals surface area contributed by atoms with Gasteiger partial charge in [-0.05, 0) is 19.1 Å². The number of thioether (sulfide) groups is 1. The molecule has 0 fully saturated rings. The molecule has 1 N–H and O–H groups in total. The van der Waals surface area contributed by atoms with Crippen molar-refractivity contribution in [1.82, 2.24) is 0 Å². The van der Waals surface area contributed by atoms with E-state index in [0.29, 0.717) is 15.8 Å². The molecule has 0 aromatic heterocycles. The Morgan fingerprint density at radius 2 is 2.00 bits per heavy atom. The zero-order valence-corrected chi connectivity index (χ0v) is 10.9. The Morgan fingerprint density at radius 1 is 1.44 bits per heavy atom. The van der Waals surface area contributed by atoms with Crippen molar-refractivity contribution in [2.24, 2.45) is 0 Å². The smallest absolute Gasteiger partial charge is 0.328 e. The molecule has 0 radical (unpaired) electrons. The summed E-state index contributed by atoms with van der Waals surface area (Å²) in [4.78, 5) is 11.2. The maximum absolute atomic E-state index is 10.4. The van der Waals surface area contributed by atoms with Crippen LogP contribution in [0.15, 0.2) is 34.7 Å². The molecule has 5 heteroatoms. The van der Waals surface area contributed by atoms with E-state index in [-0.39, 0.29) is 0 Å². The summed E-state index contributed by atoms with van der Waals surface area (Å²) in [5, 5.41) is 9.72. The number of benzene rings is 1. The molecule has 0 spiro atoms. The second-order valence-corrected chi connectivity index (χ2v) is 4.97. The number of halogens is 2. The molecule has 1 aromatic carbocycles. The molecule has 0 saturated carbocycles. The number of carbonyl (C=O) groups is 1. The van der Waals surface area contributed by atoms with E-state index in [2.05, 4.69) is 0 Å². The summed E-state index contributed by atoms with van der Waals surface area (Å²) in [5.41, 5.74) is 0.758. The third-order valence-electron chi connectivity index (χ3n) is 1.73. The Hall–Kier alpha value is -0.640. The standard InChI is InChI=1S/C11H10Cl2O2S/c1-7(5-10(14)15)6-16-11-8(12)3-2-4-9(11)13/h2-5H,6H2,1H3,(H,14,15). The molecule has 0 aliphatic carbocycles. The molecule has 0 aliphatic heterocycles. The highest BCUT2D eigenvalue weighted by Crippen LogP contribution is 2.34. The molecule has 0 aliphatic rings. The fourth-order valence-electron chi connectivity index (χ4n) is 1.06. The fourth-order valence-corrected chi connectivity index (χ4v) is 2.65. The van der Waals surface area contributed by atoms with Crippen molar-refractivity contribution in [3.8, 4) is 0 Å². The van der Waals surface area contributed by atoms with Crippen LogP contribution in [-0.4, -0.2) is 16.8 Å². The molecule has 0 heterocycles. The van der Waals surface area contributed by atoms with Crippen LogP contribution in [0.5, 0.6) is 0 Å². The highest BCUT2D eigenvalue weighted by Gasteiger charge is 2.06. The minimum Gasteiger partial charge on any atom is -0.478 e. The van der Waals surface area contributed by atoms with Gasteiger partial charge in [0.15, 0.2) is 0 Å². The number of rotatable bonds is 4. The average molecular weight is 277 g/mol. The summed E-state index contributed by atoms with van der Waals surface area (Å²) >= 11 is 13.4. The maximum Gasteiger partial charge on any atom is 0.328 e. The van der Waals surface area contributed by atoms with Crippen molar-refractivity contribution >= 4 is 40.9 Å². The third-order valence-corrected chi connectivity index (χ3v) is 3.92. The quantitative estimate of drug-likeness (QED) is 0.664. The minimum absolute atomic E-state index is 0.551. The molecule has 0 unspecified atom stereocenters. The lowest BCUT2D eigenvalue weighted by molar-refractivity contribution is -0.131. The van der Waals surface area contributed by atoms with Crippen molar-refractivity contribution in [3.63, 3.8) is 0 Å². The molecule has 2 nitrogen and oxygen atoms in total. The summed E-state index contributed by atoms with van der Waals surface area (Å²) in [7, 11) is 0. The number of hydrogen-bond acceptors (Lipinski definition) is 2. The first kappa shape index (κ1) is 13.4. The predicted molar refractivity (Wildman–Crippen MR) is 68.6 cm³/mol. The topological polar surface area (TPSA) is 37.3 Å². The van der Waals surface area contributed by atoms with Crippen LogP contribution in [0.1, 0.15) is 6.92 Å². The van der Waals surface area contributed by atoms with Crippen LogP contribution in [-0.2, 0) is 4.79 Å². The van der Waals surface area contributed by atoms with Crippen LogP contribution in [0.25, 0.3) is 0 Å². The van der Waals surface area contributed by atoms with Gasteiger partial charge in [0.05, 0.1) is 10.0 Å². The lowest BCUT2D eigenvalue weighted by Gasteiger charge is -2.06. The van der Waals surface area contributed by atoms with E-state index in [1.165, 1.54) is 17.8 Å². The van der Waals surface area contributed by atoms with Crippen LogP contribution in [0.3, 0.4) is 0 Å². The molecule has 0 bridgehead atoms. The first-order valence-electron chi connectivity index (χ1n) is 4.47. The predicted octanol–water partition coefficient (Wildman–Crippen LogP) is 4.12. The van der Waals surface area contributed by atoms with Crippen LogP contribution in [0.2, 0.25) is 10.0 Å². The van der Waals surface area contributed by atoms with Crippen LogP contribution in [0, 0.1) is 0 Å². The molecule has 0 atom stereocenters. The van der Waals surface area contributed by atoms with E-state index in [1.807, 2.05) is 0 Å². The molecule has 0 amide bonds. The van der Waals surface area contributed by atoms with E-state index in [4.69, 9.17) is 28.3 Å². The van der Waals surface area contributed by atoms with Crippen molar-refractivity contribution in [2.75, 3.05) is 5.75 Å². The Morgan fingerprint density at radius 3 is 2.50 bits per heavy atom. The lowest BCUT2D eigenvalue weighted by Crippen LogP contribution is -1.92. The minimum atomic E-state index is -0.941. The molecule has 1 rings (SSSR count). The van der Waals surface area contributed by atoms with Crippen LogP contribution < -0.4 is 0 Å². The Balaban J connectivity index is 2.72. The monoisotopic (exact) mass is 276 g/mol. The maximum atomic E-state index is 10.4. The molecule has 0 saturated heterocycles. The molecule has 16 heavy (non-hydrogen) atoms. The number of carboxylic acids is 1. The van der Waals surface area contributed by atoms with E-state index >= 15 is 0 Å². The van der Waals surface area contributed by atoms with Gasteiger partial charge in [-0.15, -0.1) is 11.8 Å². The first-order chi connectivity index (χ1) is 7.50. The van der Waals surface area contributed by atoms with Crippen LogP contribution in [0.4, 0.5) is 0 Å². The fraction of sp³-hybridized carbons (Fsp3) is 0.182. The zero-order valence-electron chi connectivity index (χ0n) is 8.54. The van der Waals surface area contributed by atoms with Gasteiger partial charge in [0, 0.05) is 16.7 Å². The second kappa shape index (κ2) is 6.18. The summed E-state index contributed by atoms with van der Waals surface area (Å²) < 4.78 is 0. The number of carboxylic acid groups (broad SMARTS) is 1. The second-order valence-electron chi connectivity index (χ2n) is 3.17. The van der Waals surface area contributed by atoms with E-state index in [1.54, 1.807) is 25.1 Å². The Bertz CT molecular complexity index is 410. The number of aliphatic carboxylic acids is 1. The van der Waals surface area contributed by atoms with E-state index < -0.39 is 5.97 Å². The Kier molecular flexibility index (Phi) is 5.19. The highest BCUT2D eigenvalue weighted by atomic mass is 35.5. The highest BCUT2D eigenvalue weighted by molar-refractivity contribution is 7.99. The summed E-state index contributed by atoms with van der Waals surface area (Å²) in [6.45, 7) is 1.76. The van der Waals surface area contributed by atoms with Gasteiger partial charge in [-0.3, -0.25) is 0 Å². The zero-order chi connectivity index (χ0) is 12.1. The van der Waals surface area contributed by atoms with Gasteiger partial charge < -0.3 is 5.11 Å². The van der Waals surface area contributed by atoms with Crippen molar-refractivity contribution in [2.45, 2.75) is 11.8 Å². The van der Waals surface area contributed by atoms with Gasteiger partial charge >= 0.3 is 5.97 Å². The third kappa shape index (κ3) is 4.08. The van der Waals surface area contributed by atoms with Gasteiger partial charge in [-0.2, -0.15) is 0 Å². The van der Waals surface area contributed by atoms with Gasteiger partial charge in [0.1, 0.15) is 0 Å². The largest absolute Gasteiger partial charge is 0.478 e. The van der Waals surface area contributed by atoms with E-state index in [0.717, 1.165) is 10.5 Å². The molecular weight excluding hydrogens is 267 g/mol. The summed E-state index contributed by atoms with van der Waals surface area (Å²) in [6, 6.07) is 5.28. The van der Waals surface area contributed by atoms with E-state index in [9.17, 15) is 4.79 Å². The lowest BCUT2D eigenvalue weighted by atomic mass is 10.3. The molecular formula is C11H10Cl2O2S. The normalized spacial score (nSPS) is 11.6. The van der Waals surface area contributed by atoms with Crippen LogP contribution >= 0.6 is 35.0 Å². The molecule has 86 valence electrons. The summed E-state index contributed by atoms with van der Waals surface area (Å²) in [6.07, 6.45) is 1.18. The van der Waals surface area contributed by atoms with Gasteiger partial charge in [-0.1, -0.05) is 34.8 Å². The van der Waals surface area contributed by atoms with Gasteiger partial charge in [0.25, 0.3) is 0 Å². The first-order valence-corrected chi connectivity index (χ1v) is 6.21. The SMILES string of the molecule is CC(=CC(=O)O)CSc1c(Cl)cccc1Cl. The van der Waals surface area contributed by atoms with Crippen molar-refractivity contribution < 1.29 is 9.90 Å². The number of hydrogen-bond donors (Lipinski definition) is 1. The molecule has 1 aromatic rings.